The monoisotopic (exact) mass is 282 g/mol. The number of hydrogen-bond acceptors (Lipinski definition) is 3. The first-order valence-corrected chi connectivity index (χ1v) is 6.46. The standard InChI is InChI=1S/C14H16ClFN2O/c1-4-14(2,3)12-11(13(17)18-19-12)10-8(15)6-5-7-9(10)16/h5-7H,4H2,1-3H3,(H2,17,18). The summed E-state index contributed by atoms with van der Waals surface area (Å²) in [6.07, 6.45) is 0.806. The van der Waals surface area contributed by atoms with Gasteiger partial charge in [0.2, 0.25) is 0 Å². The van der Waals surface area contributed by atoms with Crippen LogP contribution < -0.4 is 5.73 Å². The normalized spacial score (nSPS) is 11.8. The summed E-state index contributed by atoms with van der Waals surface area (Å²) in [5.74, 6) is 0.276. The average Bonchev–Trinajstić information content (AvgIpc) is 2.72. The van der Waals surface area contributed by atoms with Gasteiger partial charge in [-0.3, -0.25) is 0 Å². The Morgan fingerprint density at radius 1 is 1.37 bits per heavy atom. The SMILES string of the molecule is CCC(C)(C)c1onc(N)c1-c1c(F)cccc1Cl. The molecule has 0 aliphatic carbocycles. The van der Waals surface area contributed by atoms with Gasteiger partial charge in [-0.2, -0.15) is 0 Å². The van der Waals surface area contributed by atoms with Gasteiger partial charge in [-0.1, -0.05) is 43.6 Å². The predicted molar refractivity (Wildman–Crippen MR) is 74.6 cm³/mol. The highest BCUT2D eigenvalue weighted by Crippen LogP contribution is 2.42. The maximum absolute atomic E-state index is 14.1. The van der Waals surface area contributed by atoms with E-state index in [1.807, 2.05) is 20.8 Å². The molecule has 19 heavy (non-hydrogen) atoms. The van der Waals surface area contributed by atoms with Crippen molar-refractivity contribution in [2.75, 3.05) is 5.73 Å². The molecule has 0 fully saturated rings. The van der Waals surface area contributed by atoms with Crippen molar-refractivity contribution in [3.8, 4) is 11.1 Å². The smallest absolute Gasteiger partial charge is 0.175 e. The van der Waals surface area contributed by atoms with Gasteiger partial charge >= 0.3 is 0 Å². The number of halogens is 2. The molecule has 0 aliphatic heterocycles. The van der Waals surface area contributed by atoms with Gasteiger partial charge in [0.1, 0.15) is 5.82 Å². The molecule has 1 aromatic heterocycles. The molecule has 0 spiro atoms. The average molecular weight is 283 g/mol. The van der Waals surface area contributed by atoms with Crippen molar-refractivity contribution in [2.45, 2.75) is 32.6 Å². The van der Waals surface area contributed by atoms with Crippen molar-refractivity contribution >= 4 is 17.4 Å². The summed E-state index contributed by atoms with van der Waals surface area (Å²) in [7, 11) is 0. The lowest BCUT2D eigenvalue weighted by Crippen LogP contribution is -2.16. The third-order valence-electron chi connectivity index (χ3n) is 3.43. The number of hydrogen-bond donors (Lipinski definition) is 1. The fourth-order valence-electron chi connectivity index (χ4n) is 1.90. The number of rotatable bonds is 3. The quantitative estimate of drug-likeness (QED) is 0.907. The zero-order valence-electron chi connectivity index (χ0n) is 11.1. The molecule has 1 heterocycles. The Bertz CT molecular complexity index is 587. The van der Waals surface area contributed by atoms with Gasteiger partial charge in [0.15, 0.2) is 11.6 Å². The summed E-state index contributed by atoms with van der Waals surface area (Å²) in [4.78, 5) is 0. The van der Waals surface area contributed by atoms with E-state index >= 15 is 0 Å². The molecule has 2 aromatic rings. The molecule has 0 unspecified atom stereocenters. The van der Waals surface area contributed by atoms with Crippen LogP contribution in [-0.2, 0) is 5.41 Å². The Morgan fingerprint density at radius 2 is 2.05 bits per heavy atom. The first-order chi connectivity index (χ1) is 8.88. The van der Waals surface area contributed by atoms with Crippen molar-refractivity contribution < 1.29 is 8.91 Å². The highest BCUT2D eigenvalue weighted by atomic mass is 35.5. The molecule has 2 rings (SSSR count). The first kappa shape index (κ1) is 13.9. The fraction of sp³-hybridized carbons (Fsp3) is 0.357. The summed E-state index contributed by atoms with van der Waals surface area (Å²) in [6.45, 7) is 6.00. The Balaban J connectivity index is 2.73. The molecule has 3 nitrogen and oxygen atoms in total. The third-order valence-corrected chi connectivity index (χ3v) is 3.74. The molecule has 0 saturated carbocycles. The highest BCUT2D eigenvalue weighted by Gasteiger charge is 2.31. The summed E-state index contributed by atoms with van der Waals surface area (Å²) in [5, 5.41) is 4.06. The second-order valence-corrected chi connectivity index (χ2v) is 5.51. The lowest BCUT2D eigenvalue weighted by molar-refractivity contribution is 0.313. The van der Waals surface area contributed by atoms with Crippen LogP contribution in [0.15, 0.2) is 22.7 Å². The molecular formula is C14H16ClFN2O. The Labute approximate surface area is 116 Å². The number of nitrogen functional groups attached to an aromatic ring is 1. The van der Waals surface area contributed by atoms with Gasteiger partial charge in [-0.05, 0) is 18.6 Å². The third kappa shape index (κ3) is 2.32. The number of aromatic nitrogens is 1. The molecule has 102 valence electrons. The van der Waals surface area contributed by atoms with Crippen LogP contribution >= 0.6 is 11.6 Å². The Morgan fingerprint density at radius 3 is 2.63 bits per heavy atom. The number of nitrogens with zero attached hydrogens (tertiary/aromatic N) is 1. The van der Waals surface area contributed by atoms with Crippen molar-refractivity contribution in [1.29, 1.82) is 0 Å². The minimum absolute atomic E-state index is 0.156. The molecule has 0 bridgehead atoms. The number of anilines is 1. The highest BCUT2D eigenvalue weighted by molar-refractivity contribution is 6.33. The summed E-state index contributed by atoms with van der Waals surface area (Å²) >= 11 is 6.09. The van der Waals surface area contributed by atoms with Crippen LogP contribution in [0.25, 0.3) is 11.1 Å². The molecule has 0 radical (unpaired) electrons. The van der Waals surface area contributed by atoms with E-state index in [2.05, 4.69) is 5.16 Å². The minimum atomic E-state index is -0.435. The second-order valence-electron chi connectivity index (χ2n) is 5.11. The van der Waals surface area contributed by atoms with Crippen molar-refractivity contribution in [3.05, 3.63) is 34.8 Å². The molecule has 0 saturated heterocycles. The molecule has 5 heteroatoms. The van der Waals surface area contributed by atoms with Crippen LogP contribution in [0.3, 0.4) is 0 Å². The maximum Gasteiger partial charge on any atom is 0.175 e. The number of benzene rings is 1. The zero-order chi connectivity index (χ0) is 14.2. The van der Waals surface area contributed by atoms with Gasteiger partial charge in [0.05, 0.1) is 10.6 Å². The molecule has 0 amide bonds. The van der Waals surface area contributed by atoms with Crippen LogP contribution in [0.1, 0.15) is 33.0 Å². The summed E-state index contributed by atoms with van der Waals surface area (Å²) in [6, 6.07) is 4.51. The van der Waals surface area contributed by atoms with Crippen molar-refractivity contribution in [3.63, 3.8) is 0 Å². The first-order valence-electron chi connectivity index (χ1n) is 6.08. The van der Waals surface area contributed by atoms with E-state index in [1.165, 1.54) is 6.07 Å². The predicted octanol–water partition coefficient (Wildman–Crippen LogP) is 4.40. The molecule has 2 N–H and O–H groups in total. The van der Waals surface area contributed by atoms with Gasteiger partial charge < -0.3 is 10.3 Å². The van der Waals surface area contributed by atoms with E-state index in [4.69, 9.17) is 21.9 Å². The largest absolute Gasteiger partial charge is 0.380 e. The van der Waals surface area contributed by atoms with Gasteiger partial charge in [0.25, 0.3) is 0 Å². The number of nitrogens with two attached hydrogens (primary N) is 1. The van der Waals surface area contributed by atoms with Crippen molar-refractivity contribution in [1.82, 2.24) is 5.16 Å². The van der Waals surface area contributed by atoms with Crippen LogP contribution in [0.2, 0.25) is 5.02 Å². The van der Waals surface area contributed by atoms with E-state index in [0.29, 0.717) is 16.3 Å². The lowest BCUT2D eigenvalue weighted by Gasteiger charge is -2.20. The van der Waals surface area contributed by atoms with Gasteiger partial charge in [-0.25, -0.2) is 4.39 Å². The van der Waals surface area contributed by atoms with Crippen LogP contribution in [0, 0.1) is 5.82 Å². The van der Waals surface area contributed by atoms with E-state index in [0.717, 1.165) is 6.42 Å². The molecule has 0 aliphatic rings. The van der Waals surface area contributed by atoms with E-state index in [-0.39, 0.29) is 16.8 Å². The van der Waals surface area contributed by atoms with Crippen LogP contribution in [0.5, 0.6) is 0 Å². The minimum Gasteiger partial charge on any atom is -0.380 e. The Hall–Kier alpha value is -1.55. The van der Waals surface area contributed by atoms with E-state index < -0.39 is 5.82 Å². The maximum atomic E-state index is 14.1. The summed E-state index contributed by atoms with van der Waals surface area (Å²) < 4.78 is 19.4. The lowest BCUT2D eigenvalue weighted by atomic mass is 9.83. The van der Waals surface area contributed by atoms with Crippen molar-refractivity contribution in [2.24, 2.45) is 0 Å². The van der Waals surface area contributed by atoms with Crippen LogP contribution in [-0.4, -0.2) is 5.16 Å². The second kappa shape index (κ2) is 4.85. The fourth-order valence-corrected chi connectivity index (χ4v) is 2.16. The molecule has 0 atom stereocenters. The van der Waals surface area contributed by atoms with Crippen LogP contribution in [0.4, 0.5) is 10.2 Å². The van der Waals surface area contributed by atoms with E-state index in [1.54, 1.807) is 12.1 Å². The zero-order valence-corrected chi connectivity index (χ0v) is 11.9. The van der Waals surface area contributed by atoms with Gasteiger partial charge in [0, 0.05) is 11.0 Å². The topological polar surface area (TPSA) is 52.0 Å². The Kier molecular flexibility index (Phi) is 3.54. The molecular weight excluding hydrogens is 267 g/mol. The van der Waals surface area contributed by atoms with Gasteiger partial charge in [-0.15, -0.1) is 0 Å². The molecule has 1 aromatic carbocycles. The van der Waals surface area contributed by atoms with E-state index in [9.17, 15) is 4.39 Å². The summed E-state index contributed by atoms with van der Waals surface area (Å²) in [5.41, 5.74) is 6.24.